The SMILES string of the molecule is C\C=C(/C=C\C(=C\CC)S(=O)(=O)C(C)C)B1OC(C)(C)C(C)(C)O1. The van der Waals surface area contributed by atoms with Crippen LogP contribution in [0.15, 0.2) is 34.7 Å². The molecule has 1 fully saturated rings. The summed E-state index contributed by atoms with van der Waals surface area (Å²) in [5.74, 6) is 0. The average Bonchev–Trinajstić information content (AvgIpc) is 2.66. The molecule has 1 saturated heterocycles. The second-order valence-corrected chi connectivity index (χ2v) is 9.82. The van der Waals surface area contributed by atoms with Crippen LogP contribution < -0.4 is 0 Å². The van der Waals surface area contributed by atoms with E-state index in [1.165, 1.54) is 0 Å². The van der Waals surface area contributed by atoms with E-state index in [1.54, 1.807) is 32.1 Å². The van der Waals surface area contributed by atoms with Crippen molar-refractivity contribution in [2.45, 2.75) is 78.3 Å². The largest absolute Gasteiger partial charge is 0.494 e. The molecule has 0 aromatic heterocycles. The van der Waals surface area contributed by atoms with Crippen LogP contribution in [0.4, 0.5) is 0 Å². The first kappa shape index (κ1) is 21.2. The molecule has 0 N–H and O–H groups in total. The monoisotopic (exact) mass is 354 g/mol. The molecule has 0 bridgehead atoms. The highest BCUT2D eigenvalue weighted by Gasteiger charge is 2.51. The van der Waals surface area contributed by atoms with Gasteiger partial charge in [0.2, 0.25) is 0 Å². The summed E-state index contributed by atoms with van der Waals surface area (Å²) in [6.07, 6.45) is 7.73. The van der Waals surface area contributed by atoms with Gasteiger partial charge < -0.3 is 9.31 Å². The summed E-state index contributed by atoms with van der Waals surface area (Å²) in [4.78, 5) is 0.343. The van der Waals surface area contributed by atoms with Crippen molar-refractivity contribution >= 4 is 17.0 Å². The zero-order chi connectivity index (χ0) is 18.8. The number of hydrogen-bond acceptors (Lipinski definition) is 4. The normalized spacial score (nSPS) is 22.0. The molecule has 1 aliphatic heterocycles. The minimum Gasteiger partial charge on any atom is -0.399 e. The molecule has 4 nitrogen and oxygen atoms in total. The van der Waals surface area contributed by atoms with Crippen LogP contribution in [0.1, 0.15) is 61.8 Å². The fourth-order valence-corrected chi connectivity index (χ4v) is 3.42. The highest BCUT2D eigenvalue weighted by molar-refractivity contribution is 7.96. The zero-order valence-electron chi connectivity index (χ0n) is 16.2. The molecule has 0 aromatic carbocycles. The maximum atomic E-state index is 12.4. The number of rotatable bonds is 6. The van der Waals surface area contributed by atoms with Crippen LogP contribution in [0.3, 0.4) is 0 Å². The lowest BCUT2D eigenvalue weighted by molar-refractivity contribution is 0.00578. The molecule has 0 amide bonds. The topological polar surface area (TPSA) is 52.6 Å². The number of sulfone groups is 1. The first-order valence-corrected chi connectivity index (χ1v) is 10.1. The van der Waals surface area contributed by atoms with Crippen LogP contribution in [0, 0.1) is 0 Å². The molecule has 1 rings (SSSR count). The third-order valence-electron chi connectivity index (χ3n) is 4.65. The van der Waals surface area contributed by atoms with Crippen molar-refractivity contribution < 1.29 is 17.7 Å². The van der Waals surface area contributed by atoms with Crippen LogP contribution in [0.5, 0.6) is 0 Å². The third-order valence-corrected chi connectivity index (χ3v) is 6.85. The maximum Gasteiger partial charge on any atom is 0.494 e. The molecular formula is C18H31BO4S. The Labute approximate surface area is 148 Å². The first-order chi connectivity index (χ1) is 10.9. The van der Waals surface area contributed by atoms with Crippen molar-refractivity contribution in [3.63, 3.8) is 0 Å². The van der Waals surface area contributed by atoms with Gasteiger partial charge in [-0.3, -0.25) is 0 Å². The van der Waals surface area contributed by atoms with Crippen molar-refractivity contribution in [2.24, 2.45) is 0 Å². The van der Waals surface area contributed by atoms with E-state index < -0.39 is 33.4 Å². The summed E-state index contributed by atoms with van der Waals surface area (Å²) in [6.45, 7) is 15.2. The molecule has 136 valence electrons. The Balaban J connectivity index is 3.09. The van der Waals surface area contributed by atoms with E-state index in [-0.39, 0.29) is 0 Å². The summed E-state index contributed by atoms with van der Waals surface area (Å²) in [5, 5.41) is -0.453. The molecule has 0 aliphatic carbocycles. The lowest BCUT2D eigenvalue weighted by atomic mass is 9.77. The van der Waals surface area contributed by atoms with Gasteiger partial charge in [0, 0.05) is 0 Å². The van der Waals surface area contributed by atoms with E-state index in [0.29, 0.717) is 11.3 Å². The van der Waals surface area contributed by atoms with Crippen LogP contribution >= 0.6 is 0 Å². The van der Waals surface area contributed by atoms with Gasteiger partial charge >= 0.3 is 7.12 Å². The molecule has 6 heteroatoms. The minimum absolute atomic E-state index is 0.343. The van der Waals surface area contributed by atoms with Crippen molar-refractivity contribution in [2.75, 3.05) is 0 Å². The van der Waals surface area contributed by atoms with Crippen molar-refractivity contribution in [3.8, 4) is 0 Å². The average molecular weight is 354 g/mol. The first-order valence-electron chi connectivity index (χ1n) is 8.53. The summed E-state index contributed by atoms with van der Waals surface area (Å²) >= 11 is 0. The molecule has 24 heavy (non-hydrogen) atoms. The molecular weight excluding hydrogens is 323 g/mol. The van der Waals surface area contributed by atoms with Gasteiger partial charge in [-0.05, 0) is 66.4 Å². The van der Waals surface area contributed by atoms with Gasteiger partial charge in [-0.25, -0.2) is 8.42 Å². The van der Waals surface area contributed by atoms with E-state index in [4.69, 9.17) is 9.31 Å². The van der Waals surface area contributed by atoms with E-state index in [2.05, 4.69) is 0 Å². The van der Waals surface area contributed by atoms with Crippen molar-refractivity contribution in [1.82, 2.24) is 0 Å². The lowest BCUT2D eigenvalue weighted by Crippen LogP contribution is -2.41. The Morgan fingerprint density at radius 3 is 1.96 bits per heavy atom. The molecule has 0 spiro atoms. The molecule has 0 radical (unpaired) electrons. The van der Waals surface area contributed by atoms with Crippen LogP contribution in [0.2, 0.25) is 0 Å². The Bertz CT molecular complexity index is 624. The Morgan fingerprint density at radius 2 is 1.58 bits per heavy atom. The fraction of sp³-hybridized carbons (Fsp3) is 0.667. The predicted molar refractivity (Wildman–Crippen MR) is 101 cm³/mol. The Hall–Kier alpha value is -0.845. The van der Waals surface area contributed by atoms with E-state index in [9.17, 15) is 8.42 Å². The van der Waals surface area contributed by atoms with Gasteiger partial charge in [0.05, 0.1) is 21.4 Å². The molecule has 0 atom stereocenters. The molecule has 0 saturated carbocycles. The minimum atomic E-state index is -3.31. The van der Waals surface area contributed by atoms with Crippen molar-refractivity contribution in [1.29, 1.82) is 0 Å². The van der Waals surface area contributed by atoms with Gasteiger partial charge in [-0.1, -0.05) is 25.2 Å². The van der Waals surface area contributed by atoms with Crippen LogP contribution in [-0.4, -0.2) is 32.0 Å². The van der Waals surface area contributed by atoms with E-state index >= 15 is 0 Å². The summed E-state index contributed by atoms with van der Waals surface area (Å²) in [5.41, 5.74) is -0.0350. The standard InChI is InChI=1S/C18H31BO4S/c1-9-11-16(24(20,21)14(3)4)13-12-15(10-2)19-22-17(5,6)18(7,8)23-19/h10-14H,9H2,1-8H3/b13-12-,15-10+,16-11-. The lowest BCUT2D eigenvalue weighted by Gasteiger charge is -2.32. The molecule has 1 heterocycles. The van der Waals surface area contributed by atoms with E-state index in [1.807, 2.05) is 47.6 Å². The molecule has 0 unspecified atom stereocenters. The highest BCUT2D eigenvalue weighted by atomic mass is 32.2. The summed E-state index contributed by atoms with van der Waals surface area (Å²) in [7, 11) is -3.81. The summed E-state index contributed by atoms with van der Waals surface area (Å²) < 4.78 is 37.0. The Morgan fingerprint density at radius 1 is 1.08 bits per heavy atom. The molecule has 0 aromatic rings. The van der Waals surface area contributed by atoms with Crippen LogP contribution in [-0.2, 0) is 19.1 Å². The summed E-state index contributed by atoms with van der Waals surface area (Å²) in [6, 6.07) is 0. The number of hydrogen-bond donors (Lipinski definition) is 0. The maximum absolute atomic E-state index is 12.4. The van der Waals surface area contributed by atoms with E-state index in [0.717, 1.165) is 5.47 Å². The van der Waals surface area contributed by atoms with Gasteiger partial charge in [0.25, 0.3) is 0 Å². The number of allylic oxidation sites excluding steroid dienone is 5. The second-order valence-electron chi connectivity index (χ2n) is 7.32. The predicted octanol–water partition coefficient (Wildman–Crippen LogP) is 4.24. The van der Waals surface area contributed by atoms with Crippen molar-refractivity contribution in [3.05, 3.63) is 34.7 Å². The quantitative estimate of drug-likeness (QED) is 0.529. The van der Waals surface area contributed by atoms with Crippen LogP contribution in [0.25, 0.3) is 0 Å². The van der Waals surface area contributed by atoms with Gasteiger partial charge in [-0.2, -0.15) is 0 Å². The Kier molecular flexibility index (Phi) is 6.70. The van der Waals surface area contributed by atoms with Gasteiger partial charge in [0.1, 0.15) is 0 Å². The van der Waals surface area contributed by atoms with Gasteiger partial charge in [-0.15, -0.1) is 0 Å². The zero-order valence-corrected chi connectivity index (χ0v) is 17.0. The van der Waals surface area contributed by atoms with Gasteiger partial charge in [0.15, 0.2) is 9.84 Å². The smallest absolute Gasteiger partial charge is 0.399 e. The highest BCUT2D eigenvalue weighted by Crippen LogP contribution is 2.38. The second kappa shape index (κ2) is 7.59. The molecule has 1 aliphatic rings. The fourth-order valence-electron chi connectivity index (χ4n) is 2.22. The third kappa shape index (κ3) is 4.41.